The zero-order valence-corrected chi connectivity index (χ0v) is 14.2. The minimum atomic E-state index is -0.217. The fourth-order valence-electron chi connectivity index (χ4n) is 2.91. The number of fused-ring (bicyclic) bond motifs is 1. The van der Waals surface area contributed by atoms with Gasteiger partial charge in [-0.05, 0) is 50.6 Å². The number of hydrogen-bond donors (Lipinski definition) is 2. The first-order valence-corrected chi connectivity index (χ1v) is 8.12. The van der Waals surface area contributed by atoms with Crippen molar-refractivity contribution < 1.29 is 4.79 Å². The summed E-state index contributed by atoms with van der Waals surface area (Å²) in [5, 5.41) is 5.68. The highest BCUT2D eigenvalue weighted by Gasteiger charge is 2.10. The van der Waals surface area contributed by atoms with Crippen LogP contribution < -0.4 is 10.6 Å². The quantitative estimate of drug-likeness (QED) is 0.754. The van der Waals surface area contributed by atoms with E-state index < -0.39 is 0 Å². The van der Waals surface area contributed by atoms with Crippen LogP contribution in [-0.4, -0.2) is 15.6 Å². The summed E-state index contributed by atoms with van der Waals surface area (Å²) in [7, 11) is 0. The van der Waals surface area contributed by atoms with Crippen molar-refractivity contribution in [2.24, 2.45) is 0 Å². The van der Waals surface area contributed by atoms with Crippen molar-refractivity contribution in [1.29, 1.82) is 0 Å². The molecule has 2 N–H and O–H groups in total. The maximum Gasteiger partial charge on any atom is 0.319 e. The second-order valence-electron chi connectivity index (χ2n) is 6.12. The van der Waals surface area contributed by atoms with E-state index in [0.717, 1.165) is 28.1 Å². The SMILES string of the molecule is Cc1nc2cc(CNC(=O)Nc3ccccc3)ccc2n1C(C)C. The van der Waals surface area contributed by atoms with Gasteiger partial charge >= 0.3 is 6.03 Å². The third-order valence-corrected chi connectivity index (χ3v) is 3.93. The van der Waals surface area contributed by atoms with Crippen molar-refractivity contribution in [1.82, 2.24) is 14.9 Å². The van der Waals surface area contributed by atoms with Gasteiger partial charge in [0, 0.05) is 18.3 Å². The first kappa shape index (κ1) is 16.1. The Morgan fingerprint density at radius 2 is 1.92 bits per heavy atom. The number of carbonyl (C=O) groups excluding carboxylic acids is 1. The average molecular weight is 322 g/mol. The molecule has 3 rings (SSSR count). The predicted molar refractivity (Wildman–Crippen MR) is 97.2 cm³/mol. The number of urea groups is 1. The Balaban J connectivity index is 1.68. The summed E-state index contributed by atoms with van der Waals surface area (Å²) in [6, 6.07) is 15.7. The number of aryl methyl sites for hydroxylation is 1. The van der Waals surface area contributed by atoms with Gasteiger partial charge in [-0.25, -0.2) is 9.78 Å². The number of nitrogens with one attached hydrogen (secondary N) is 2. The van der Waals surface area contributed by atoms with E-state index in [0.29, 0.717) is 12.6 Å². The number of amides is 2. The molecule has 0 aliphatic carbocycles. The van der Waals surface area contributed by atoms with Crippen LogP contribution in [0.1, 0.15) is 31.3 Å². The zero-order valence-electron chi connectivity index (χ0n) is 14.2. The largest absolute Gasteiger partial charge is 0.334 e. The lowest BCUT2D eigenvalue weighted by molar-refractivity contribution is 0.251. The molecule has 0 fully saturated rings. The van der Waals surface area contributed by atoms with Gasteiger partial charge in [0.1, 0.15) is 5.82 Å². The molecule has 0 radical (unpaired) electrons. The van der Waals surface area contributed by atoms with Crippen LogP contribution >= 0.6 is 0 Å². The van der Waals surface area contributed by atoms with Crippen LogP contribution in [0.25, 0.3) is 11.0 Å². The molecule has 0 spiro atoms. The fraction of sp³-hybridized carbons (Fsp3) is 0.263. The molecule has 1 heterocycles. The lowest BCUT2D eigenvalue weighted by Crippen LogP contribution is -2.28. The highest BCUT2D eigenvalue weighted by atomic mass is 16.2. The topological polar surface area (TPSA) is 59.0 Å². The smallest absolute Gasteiger partial charge is 0.319 e. The van der Waals surface area contributed by atoms with Crippen molar-refractivity contribution in [3.05, 3.63) is 59.9 Å². The Morgan fingerprint density at radius 3 is 2.62 bits per heavy atom. The molecule has 0 unspecified atom stereocenters. The molecule has 0 aliphatic heterocycles. The summed E-state index contributed by atoms with van der Waals surface area (Å²) in [5.74, 6) is 1.01. The molecule has 1 aromatic heterocycles. The first-order chi connectivity index (χ1) is 11.5. The van der Waals surface area contributed by atoms with E-state index in [4.69, 9.17) is 0 Å². The van der Waals surface area contributed by atoms with Crippen LogP contribution in [0.5, 0.6) is 0 Å². The Kier molecular flexibility index (Phi) is 4.51. The van der Waals surface area contributed by atoms with Gasteiger partial charge in [-0.15, -0.1) is 0 Å². The third kappa shape index (κ3) is 3.40. The second-order valence-corrected chi connectivity index (χ2v) is 6.12. The van der Waals surface area contributed by atoms with Crippen molar-refractivity contribution in [2.45, 2.75) is 33.4 Å². The number of carbonyl (C=O) groups is 1. The normalized spacial score (nSPS) is 11.0. The number of rotatable bonds is 4. The van der Waals surface area contributed by atoms with Crippen LogP contribution in [0.4, 0.5) is 10.5 Å². The molecule has 0 atom stereocenters. The molecule has 2 aromatic carbocycles. The van der Waals surface area contributed by atoms with Crippen molar-refractivity contribution >= 4 is 22.8 Å². The minimum absolute atomic E-state index is 0.217. The van der Waals surface area contributed by atoms with E-state index in [1.54, 1.807) is 0 Å². The van der Waals surface area contributed by atoms with E-state index >= 15 is 0 Å². The average Bonchev–Trinajstić information content (AvgIpc) is 2.89. The molecule has 0 saturated carbocycles. The van der Waals surface area contributed by atoms with Crippen LogP contribution in [0, 0.1) is 6.92 Å². The van der Waals surface area contributed by atoms with Crippen LogP contribution in [0.2, 0.25) is 0 Å². The van der Waals surface area contributed by atoms with Gasteiger partial charge < -0.3 is 15.2 Å². The lowest BCUT2D eigenvalue weighted by Gasteiger charge is -2.11. The number of benzene rings is 2. The highest BCUT2D eigenvalue weighted by Crippen LogP contribution is 2.21. The highest BCUT2D eigenvalue weighted by molar-refractivity contribution is 5.89. The molecule has 0 saturated heterocycles. The van der Waals surface area contributed by atoms with Gasteiger partial charge in [0.2, 0.25) is 0 Å². The van der Waals surface area contributed by atoms with Gasteiger partial charge in [-0.1, -0.05) is 24.3 Å². The number of hydrogen-bond acceptors (Lipinski definition) is 2. The standard InChI is InChI=1S/C19H22N4O/c1-13(2)23-14(3)21-17-11-15(9-10-18(17)23)12-20-19(24)22-16-7-5-4-6-8-16/h4-11,13H,12H2,1-3H3,(H2,20,22,24). The number of para-hydroxylation sites is 1. The summed E-state index contributed by atoms with van der Waals surface area (Å²) in [6.07, 6.45) is 0. The molecule has 5 nitrogen and oxygen atoms in total. The van der Waals surface area contributed by atoms with E-state index in [1.807, 2.05) is 49.4 Å². The van der Waals surface area contributed by atoms with Crippen molar-refractivity contribution in [3.8, 4) is 0 Å². The number of imidazole rings is 1. The van der Waals surface area contributed by atoms with Crippen LogP contribution in [-0.2, 0) is 6.54 Å². The summed E-state index contributed by atoms with van der Waals surface area (Å²) in [5.41, 5.74) is 3.89. The van der Waals surface area contributed by atoms with E-state index in [1.165, 1.54) is 0 Å². The summed E-state index contributed by atoms with van der Waals surface area (Å²) in [4.78, 5) is 16.6. The third-order valence-electron chi connectivity index (χ3n) is 3.93. The molecule has 0 bridgehead atoms. The van der Waals surface area contributed by atoms with Crippen LogP contribution in [0.15, 0.2) is 48.5 Å². The van der Waals surface area contributed by atoms with E-state index in [2.05, 4.69) is 40.1 Å². The van der Waals surface area contributed by atoms with Gasteiger partial charge in [0.25, 0.3) is 0 Å². The maximum absolute atomic E-state index is 12.0. The molecular formula is C19H22N4O. The van der Waals surface area contributed by atoms with Gasteiger partial charge in [-0.2, -0.15) is 0 Å². The summed E-state index contributed by atoms with van der Waals surface area (Å²) < 4.78 is 2.22. The predicted octanol–water partition coefficient (Wildman–Crippen LogP) is 4.25. The molecule has 2 amide bonds. The fourth-order valence-corrected chi connectivity index (χ4v) is 2.91. The minimum Gasteiger partial charge on any atom is -0.334 e. The number of nitrogens with zero attached hydrogens (tertiary/aromatic N) is 2. The monoisotopic (exact) mass is 322 g/mol. The zero-order chi connectivity index (χ0) is 17.1. The first-order valence-electron chi connectivity index (χ1n) is 8.12. The molecule has 0 aliphatic rings. The Labute approximate surface area is 141 Å². The van der Waals surface area contributed by atoms with E-state index in [9.17, 15) is 4.79 Å². The number of anilines is 1. The Morgan fingerprint density at radius 1 is 1.17 bits per heavy atom. The number of aromatic nitrogens is 2. The van der Waals surface area contributed by atoms with Crippen LogP contribution in [0.3, 0.4) is 0 Å². The molecular weight excluding hydrogens is 300 g/mol. The van der Waals surface area contributed by atoms with Gasteiger partial charge in [0.15, 0.2) is 0 Å². The summed E-state index contributed by atoms with van der Waals surface area (Å²) >= 11 is 0. The van der Waals surface area contributed by atoms with Gasteiger partial charge in [-0.3, -0.25) is 0 Å². The van der Waals surface area contributed by atoms with Gasteiger partial charge in [0.05, 0.1) is 11.0 Å². The Bertz CT molecular complexity index is 852. The summed E-state index contributed by atoms with van der Waals surface area (Å²) in [6.45, 7) is 6.78. The molecule has 3 aromatic rings. The molecule has 24 heavy (non-hydrogen) atoms. The maximum atomic E-state index is 12.0. The van der Waals surface area contributed by atoms with Crippen molar-refractivity contribution in [2.75, 3.05) is 5.32 Å². The lowest BCUT2D eigenvalue weighted by atomic mass is 10.2. The molecule has 5 heteroatoms. The Hall–Kier alpha value is -2.82. The second kappa shape index (κ2) is 6.74. The molecule has 124 valence electrons. The van der Waals surface area contributed by atoms with Crippen molar-refractivity contribution in [3.63, 3.8) is 0 Å². The van der Waals surface area contributed by atoms with E-state index in [-0.39, 0.29) is 6.03 Å².